The van der Waals surface area contributed by atoms with Gasteiger partial charge in [0.2, 0.25) is 10.0 Å². The molecule has 2 aromatic rings. The molecule has 2 fully saturated rings. The zero-order valence-corrected chi connectivity index (χ0v) is 23.4. The van der Waals surface area contributed by atoms with E-state index in [4.69, 9.17) is 9.47 Å². The number of carbonyl (C=O) groups excluding carboxylic acids is 3. The van der Waals surface area contributed by atoms with Crippen LogP contribution in [0.2, 0.25) is 0 Å². The van der Waals surface area contributed by atoms with E-state index in [0.717, 1.165) is 0 Å². The summed E-state index contributed by atoms with van der Waals surface area (Å²) in [5, 5.41) is 11.6. The lowest BCUT2D eigenvalue weighted by Crippen LogP contribution is -2.52. The lowest BCUT2D eigenvalue weighted by molar-refractivity contribution is -0.143. The van der Waals surface area contributed by atoms with Crippen molar-refractivity contribution in [2.45, 2.75) is 16.9 Å². The van der Waals surface area contributed by atoms with Crippen LogP contribution >= 0.6 is 0 Å². The minimum absolute atomic E-state index is 0.00475. The van der Waals surface area contributed by atoms with Crippen molar-refractivity contribution in [1.29, 1.82) is 0 Å². The molecule has 3 heterocycles. The molecule has 12 heteroatoms. The maximum Gasteiger partial charge on any atom is 0.296 e. The van der Waals surface area contributed by atoms with Gasteiger partial charge in [-0.3, -0.25) is 14.4 Å². The minimum atomic E-state index is -3.80. The second-order valence-electron chi connectivity index (χ2n) is 9.83. The number of hydrogen-bond donors (Lipinski definition) is 1. The number of rotatable bonds is 9. The zero-order valence-electron chi connectivity index (χ0n) is 22.6. The van der Waals surface area contributed by atoms with Crippen LogP contribution in [0, 0.1) is 0 Å². The van der Waals surface area contributed by atoms with Crippen molar-refractivity contribution in [2.75, 3.05) is 58.0 Å². The molecule has 1 N–H and O–H groups in total. The summed E-state index contributed by atoms with van der Waals surface area (Å²) in [7, 11) is -2.30. The van der Waals surface area contributed by atoms with Crippen molar-refractivity contribution < 1.29 is 37.4 Å². The number of benzene rings is 2. The van der Waals surface area contributed by atoms with E-state index in [1.54, 1.807) is 30.3 Å². The third kappa shape index (κ3) is 4.47. The first kappa shape index (κ1) is 28.7. The molecule has 2 amide bonds. The standard InChI is InChI=1S/C29H31N3O8S/c1-3-13-31-23-8-5-4-7-22(23)29(28(31)36)24(26(34)27(35)32(29)14-6-17-39-2)25(33)20-9-11-21(12-10-20)41(37,38)30-15-18-40-19-16-30/h3-5,7-12,33H,1,6,13-19H2,2H3/b25-24+. The third-order valence-corrected chi connectivity index (χ3v) is 9.50. The number of aliphatic hydroxyl groups excluding tert-OH is 1. The van der Waals surface area contributed by atoms with Crippen LogP contribution in [0.5, 0.6) is 0 Å². The summed E-state index contributed by atoms with van der Waals surface area (Å²) in [6.45, 7) is 5.20. The molecule has 0 saturated carbocycles. The quantitative estimate of drug-likeness (QED) is 0.156. The van der Waals surface area contributed by atoms with Crippen molar-refractivity contribution in [3.63, 3.8) is 0 Å². The molecular weight excluding hydrogens is 550 g/mol. The van der Waals surface area contributed by atoms with Gasteiger partial charge < -0.3 is 24.4 Å². The predicted octanol–water partition coefficient (Wildman–Crippen LogP) is 1.85. The number of likely N-dealkylation sites (tertiary alicyclic amines) is 1. The molecule has 216 valence electrons. The Morgan fingerprint density at radius 3 is 2.44 bits per heavy atom. The van der Waals surface area contributed by atoms with E-state index in [9.17, 15) is 27.9 Å². The number of ether oxygens (including phenoxy) is 2. The van der Waals surface area contributed by atoms with Gasteiger partial charge in [-0.2, -0.15) is 4.31 Å². The van der Waals surface area contributed by atoms with Gasteiger partial charge in [-0.15, -0.1) is 6.58 Å². The number of fused-ring (bicyclic) bond motifs is 2. The highest BCUT2D eigenvalue weighted by molar-refractivity contribution is 7.89. The molecule has 0 aromatic heterocycles. The molecule has 5 rings (SSSR count). The Hall–Kier alpha value is -3.84. The van der Waals surface area contributed by atoms with Gasteiger partial charge in [-0.05, 0) is 36.8 Å². The van der Waals surface area contributed by atoms with Crippen LogP contribution < -0.4 is 4.90 Å². The molecule has 1 unspecified atom stereocenters. The van der Waals surface area contributed by atoms with Crippen molar-refractivity contribution in [1.82, 2.24) is 9.21 Å². The van der Waals surface area contributed by atoms with Gasteiger partial charge in [0.15, 0.2) is 5.54 Å². The topological polar surface area (TPSA) is 134 Å². The molecule has 0 bridgehead atoms. The smallest absolute Gasteiger partial charge is 0.296 e. The number of anilines is 1. The Balaban J connectivity index is 1.66. The normalized spacial score (nSPS) is 22.5. The Bertz CT molecular complexity index is 1530. The Labute approximate surface area is 238 Å². The maximum atomic E-state index is 14.3. The summed E-state index contributed by atoms with van der Waals surface area (Å²) in [6.07, 6.45) is 1.88. The van der Waals surface area contributed by atoms with Gasteiger partial charge in [0, 0.05) is 51.0 Å². The minimum Gasteiger partial charge on any atom is -0.507 e. The molecular formula is C29H31N3O8S. The number of methoxy groups -OCH3 is 1. The number of morpholine rings is 1. The molecule has 3 aliphatic rings. The molecule has 3 aliphatic heterocycles. The molecule has 0 aliphatic carbocycles. The highest BCUT2D eigenvalue weighted by Crippen LogP contribution is 2.53. The zero-order chi connectivity index (χ0) is 29.4. The summed E-state index contributed by atoms with van der Waals surface area (Å²) in [5.41, 5.74) is -1.31. The van der Waals surface area contributed by atoms with Gasteiger partial charge in [0.25, 0.3) is 17.6 Å². The van der Waals surface area contributed by atoms with Crippen molar-refractivity contribution >= 4 is 39.1 Å². The number of sulfonamides is 1. The number of hydrogen-bond acceptors (Lipinski definition) is 8. The number of ketones is 1. The number of para-hydroxylation sites is 1. The van der Waals surface area contributed by atoms with Gasteiger partial charge >= 0.3 is 0 Å². The van der Waals surface area contributed by atoms with Crippen LogP contribution in [0.3, 0.4) is 0 Å². The van der Waals surface area contributed by atoms with Crippen molar-refractivity contribution in [3.8, 4) is 0 Å². The van der Waals surface area contributed by atoms with Crippen molar-refractivity contribution in [2.24, 2.45) is 0 Å². The number of aliphatic hydroxyl groups is 1. The Morgan fingerprint density at radius 2 is 1.78 bits per heavy atom. The first-order chi connectivity index (χ1) is 19.7. The fourth-order valence-electron chi connectivity index (χ4n) is 5.71. The first-order valence-electron chi connectivity index (χ1n) is 13.2. The molecule has 0 radical (unpaired) electrons. The molecule has 41 heavy (non-hydrogen) atoms. The van der Waals surface area contributed by atoms with Crippen LogP contribution in [0.1, 0.15) is 17.5 Å². The van der Waals surface area contributed by atoms with E-state index in [0.29, 0.717) is 30.9 Å². The summed E-state index contributed by atoms with van der Waals surface area (Å²) < 4.78 is 37.9. The van der Waals surface area contributed by atoms with E-state index in [2.05, 4.69) is 6.58 Å². The number of amides is 2. The lowest BCUT2D eigenvalue weighted by Gasteiger charge is -2.34. The third-order valence-electron chi connectivity index (χ3n) is 7.59. The maximum absolute atomic E-state index is 14.3. The second kappa shape index (κ2) is 11.2. The van der Waals surface area contributed by atoms with Gasteiger partial charge in [-0.1, -0.05) is 24.3 Å². The average molecular weight is 582 g/mol. The fraction of sp³-hybridized carbons (Fsp3) is 0.345. The predicted molar refractivity (Wildman–Crippen MR) is 149 cm³/mol. The van der Waals surface area contributed by atoms with Crippen molar-refractivity contribution in [3.05, 3.63) is 77.9 Å². The van der Waals surface area contributed by atoms with Crippen LogP contribution in [-0.4, -0.2) is 93.4 Å². The van der Waals surface area contributed by atoms with E-state index in [1.807, 2.05) is 0 Å². The van der Waals surface area contributed by atoms with E-state index >= 15 is 0 Å². The molecule has 11 nitrogen and oxygen atoms in total. The Morgan fingerprint density at radius 1 is 1.10 bits per heavy atom. The highest BCUT2D eigenvalue weighted by Gasteiger charge is 2.66. The van der Waals surface area contributed by atoms with Gasteiger partial charge in [0.1, 0.15) is 5.76 Å². The van der Waals surface area contributed by atoms with Crippen LogP contribution in [0.4, 0.5) is 5.69 Å². The van der Waals surface area contributed by atoms with E-state index in [-0.39, 0.29) is 48.8 Å². The average Bonchev–Trinajstić information content (AvgIpc) is 3.36. The molecule has 1 atom stereocenters. The first-order valence-corrected chi connectivity index (χ1v) is 14.6. The van der Waals surface area contributed by atoms with E-state index in [1.165, 1.54) is 45.5 Å². The molecule has 2 saturated heterocycles. The SMILES string of the molecule is C=CCN1C(=O)C2(/C(=C(/O)c3ccc(S(=O)(=O)N4CCOCC4)cc3)C(=O)C(=O)N2CCCOC)c2ccccc21. The largest absolute Gasteiger partial charge is 0.507 e. The molecule has 1 spiro atoms. The fourth-order valence-corrected chi connectivity index (χ4v) is 7.12. The van der Waals surface area contributed by atoms with E-state index < -0.39 is 38.9 Å². The summed E-state index contributed by atoms with van der Waals surface area (Å²) in [6, 6.07) is 12.2. The van der Waals surface area contributed by atoms with Gasteiger partial charge in [0.05, 0.1) is 29.4 Å². The van der Waals surface area contributed by atoms with Crippen LogP contribution in [-0.2, 0) is 39.4 Å². The second-order valence-corrected chi connectivity index (χ2v) is 11.8. The van der Waals surface area contributed by atoms with Gasteiger partial charge in [-0.25, -0.2) is 8.42 Å². The summed E-state index contributed by atoms with van der Waals surface area (Å²) in [5.74, 6) is -3.06. The Kier molecular flexibility index (Phi) is 7.84. The summed E-state index contributed by atoms with van der Waals surface area (Å²) in [4.78, 5) is 44.0. The monoisotopic (exact) mass is 581 g/mol. The van der Waals surface area contributed by atoms with Crippen LogP contribution in [0.15, 0.2) is 71.7 Å². The van der Waals surface area contributed by atoms with Crippen LogP contribution in [0.25, 0.3) is 5.76 Å². The number of carbonyl (C=O) groups is 3. The molecule has 2 aromatic carbocycles. The number of nitrogens with zero attached hydrogens (tertiary/aromatic N) is 3. The lowest BCUT2D eigenvalue weighted by atomic mass is 9.82. The summed E-state index contributed by atoms with van der Waals surface area (Å²) >= 11 is 0. The number of Topliss-reactive ketones (excluding diaryl/α,β-unsaturated/α-hetero) is 1. The highest BCUT2D eigenvalue weighted by atomic mass is 32.2.